The molecule has 1 fully saturated rings. The van der Waals surface area contributed by atoms with Crippen molar-refractivity contribution in [2.75, 3.05) is 19.8 Å². The molecule has 25 heavy (non-hydrogen) atoms. The lowest BCUT2D eigenvalue weighted by Crippen LogP contribution is -2.33. The molecule has 0 aromatic heterocycles. The number of aliphatic hydroxyl groups is 3. The molecule has 5 nitrogen and oxygen atoms in total. The summed E-state index contributed by atoms with van der Waals surface area (Å²) in [5.41, 5.74) is 3.03. The molecule has 3 rings (SSSR count). The molecule has 0 spiro atoms. The molecule has 1 unspecified atom stereocenters. The Labute approximate surface area is 148 Å². The van der Waals surface area contributed by atoms with Gasteiger partial charge in [-0.05, 0) is 36.3 Å². The van der Waals surface area contributed by atoms with E-state index in [1.54, 1.807) is 6.20 Å². The van der Waals surface area contributed by atoms with Gasteiger partial charge in [-0.2, -0.15) is 0 Å². The van der Waals surface area contributed by atoms with E-state index in [9.17, 15) is 15.3 Å². The summed E-state index contributed by atoms with van der Waals surface area (Å²) >= 11 is 0. The predicted octanol–water partition coefficient (Wildman–Crippen LogP) is 1.89. The number of ether oxygens (including phenoxy) is 1. The van der Waals surface area contributed by atoms with Crippen molar-refractivity contribution >= 4 is 5.57 Å². The molecule has 3 N–H and O–H groups in total. The van der Waals surface area contributed by atoms with Crippen LogP contribution in [0.5, 0.6) is 0 Å². The number of nitrogens with zero attached hydrogens (tertiary/aromatic N) is 1. The fraction of sp³-hybridized carbons (Fsp3) is 0.500. The first-order chi connectivity index (χ1) is 12.1. The fourth-order valence-electron chi connectivity index (χ4n) is 3.43. The zero-order valence-corrected chi connectivity index (χ0v) is 14.6. The average molecular weight is 345 g/mol. The molecule has 0 amide bonds. The average Bonchev–Trinajstić information content (AvgIpc) is 2.64. The Kier molecular flexibility index (Phi) is 5.91. The molecule has 1 aromatic rings. The minimum atomic E-state index is -1.68. The van der Waals surface area contributed by atoms with Gasteiger partial charge in [0.05, 0.1) is 0 Å². The first-order valence-electron chi connectivity index (χ1n) is 8.98. The van der Waals surface area contributed by atoms with E-state index in [2.05, 4.69) is 6.92 Å². The third-order valence-electron chi connectivity index (χ3n) is 5.03. The van der Waals surface area contributed by atoms with Gasteiger partial charge in [0.25, 0.3) is 0 Å². The molecular weight excluding hydrogens is 318 g/mol. The molecule has 2 aliphatic heterocycles. The summed E-state index contributed by atoms with van der Waals surface area (Å²) in [6.07, 6.45) is 3.85. The molecular formula is C20H27NO4. The summed E-state index contributed by atoms with van der Waals surface area (Å²) in [4.78, 5) is 1.97. The van der Waals surface area contributed by atoms with Gasteiger partial charge in [0, 0.05) is 43.3 Å². The number of benzene rings is 1. The number of aryl methyl sites for hydroxylation is 1. The number of aliphatic hydroxyl groups excluding tert-OH is 2. The topological polar surface area (TPSA) is 73.2 Å². The number of hydrogen-bond donors (Lipinski definition) is 3. The highest BCUT2D eigenvalue weighted by Gasteiger charge is 2.28. The Morgan fingerprint density at radius 2 is 1.80 bits per heavy atom. The Balaban J connectivity index is 1.85. The van der Waals surface area contributed by atoms with Crippen LogP contribution in [0.2, 0.25) is 0 Å². The van der Waals surface area contributed by atoms with E-state index in [1.165, 1.54) is 5.56 Å². The third-order valence-corrected chi connectivity index (χ3v) is 5.03. The second-order valence-electron chi connectivity index (χ2n) is 6.79. The first-order valence-corrected chi connectivity index (χ1v) is 8.98. The van der Waals surface area contributed by atoms with Crippen LogP contribution in [0.25, 0.3) is 5.57 Å². The number of rotatable bonds is 5. The van der Waals surface area contributed by atoms with Crippen molar-refractivity contribution in [1.29, 1.82) is 0 Å². The van der Waals surface area contributed by atoms with Gasteiger partial charge in [0.15, 0.2) is 6.29 Å². The standard InChI is InChI=1S/C20H27NO4/c1-2-14-3-5-16(6-4-14)17-12-21(11-15-7-9-25-10-8-15)13-18(19(17)22)20(23)24/h3-6,12-13,15,19-20,22-24H,2,7-11H2,1H3. The van der Waals surface area contributed by atoms with Crippen molar-refractivity contribution in [3.63, 3.8) is 0 Å². The first kappa shape index (κ1) is 18.1. The summed E-state index contributed by atoms with van der Waals surface area (Å²) in [5, 5.41) is 29.9. The van der Waals surface area contributed by atoms with Crippen LogP contribution in [0, 0.1) is 5.92 Å². The van der Waals surface area contributed by atoms with Crippen molar-refractivity contribution < 1.29 is 20.1 Å². The normalized spacial score (nSPS) is 22.1. The third kappa shape index (κ3) is 4.30. The van der Waals surface area contributed by atoms with E-state index in [0.29, 0.717) is 11.5 Å². The molecule has 2 aliphatic rings. The van der Waals surface area contributed by atoms with Crippen LogP contribution in [-0.4, -0.2) is 52.4 Å². The summed E-state index contributed by atoms with van der Waals surface area (Å²) < 4.78 is 5.41. The monoisotopic (exact) mass is 345 g/mol. The zero-order chi connectivity index (χ0) is 17.8. The minimum absolute atomic E-state index is 0.212. The van der Waals surface area contributed by atoms with Gasteiger partial charge in [-0.15, -0.1) is 0 Å². The molecule has 0 bridgehead atoms. The molecule has 1 aromatic carbocycles. The lowest BCUT2D eigenvalue weighted by Gasteiger charge is -2.33. The van der Waals surface area contributed by atoms with E-state index in [0.717, 1.165) is 44.6 Å². The van der Waals surface area contributed by atoms with E-state index in [1.807, 2.05) is 35.4 Å². The van der Waals surface area contributed by atoms with Crippen molar-refractivity contribution in [3.8, 4) is 0 Å². The molecule has 0 aliphatic carbocycles. The Morgan fingerprint density at radius 3 is 2.40 bits per heavy atom. The largest absolute Gasteiger partial charge is 0.384 e. The Hall–Kier alpha value is -1.66. The lowest BCUT2D eigenvalue weighted by atomic mass is 9.92. The van der Waals surface area contributed by atoms with Crippen LogP contribution >= 0.6 is 0 Å². The van der Waals surface area contributed by atoms with Crippen LogP contribution < -0.4 is 0 Å². The molecule has 5 heteroatoms. The van der Waals surface area contributed by atoms with Gasteiger partial charge in [-0.3, -0.25) is 0 Å². The van der Waals surface area contributed by atoms with Crippen molar-refractivity contribution in [1.82, 2.24) is 4.90 Å². The highest BCUT2D eigenvalue weighted by molar-refractivity contribution is 5.72. The molecule has 0 radical (unpaired) electrons. The van der Waals surface area contributed by atoms with Gasteiger partial charge >= 0.3 is 0 Å². The van der Waals surface area contributed by atoms with E-state index in [4.69, 9.17) is 4.74 Å². The van der Waals surface area contributed by atoms with E-state index < -0.39 is 12.4 Å². The Bertz CT molecular complexity index is 630. The van der Waals surface area contributed by atoms with E-state index in [-0.39, 0.29) is 5.57 Å². The molecule has 1 saturated heterocycles. The van der Waals surface area contributed by atoms with Crippen LogP contribution in [0.1, 0.15) is 30.9 Å². The van der Waals surface area contributed by atoms with Gasteiger partial charge < -0.3 is 25.0 Å². The van der Waals surface area contributed by atoms with Crippen LogP contribution in [0.15, 0.2) is 42.2 Å². The summed E-state index contributed by atoms with van der Waals surface area (Å²) in [6, 6.07) is 8.04. The van der Waals surface area contributed by atoms with Crippen LogP contribution in [0.4, 0.5) is 0 Å². The smallest absolute Gasteiger partial charge is 0.178 e. The molecule has 2 heterocycles. The van der Waals surface area contributed by atoms with E-state index >= 15 is 0 Å². The molecule has 136 valence electrons. The van der Waals surface area contributed by atoms with Crippen LogP contribution in [-0.2, 0) is 11.2 Å². The zero-order valence-electron chi connectivity index (χ0n) is 14.6. The van der Waals surface area contributed by atoms with Gasteiger partial charge in [0.1, 0.15) is 6.10 Å². The highest BCUT2D eigenvalue weighted by atomic mass is 16.5. The quantitative estimate of drug-likeness (QED) is 0.711. The minimum Gasteiger partial charge on any atom is -0.384 e. The second kappa shape index (κ2) is 8.15. The fourth-order valence-corrected chi connectivity index (χ4v) is 3.43. The van der Waals surface area contributed by atoms with Gasteiger partial charge in [0.2, 0.25) is 0 Å². The predicted molar refractivity (Wildman–Crippen MR) is 96.4 cm³/mol. The molecule has 1 atom stereocenters. The number of hydrogen-bond acceptors (Lipinski definition) is 5. The second-order valence-corrected chi connectivity index (χ2v) is 6.79. The highest BCUT2D eigenvalue weighted by Crippen LogP contribution is 2.31. The van der Waals surface area contributed by atoms with Crippen molar-refractivity contribution in [3.05, 3.63) is 53.4 Å². The maximum atomic E-state index is 10.6. The van der Waals surface area contributed by atoms with Gasteiger partial charge in [-0.1, -0.05) is 31.2 Å². The van der Waals surface area contributed by atoms with Gasteiger partial charge in [-0.25, -0.2) is 0 Å². The SMILES string of the molecule is CCc1ccc(C2=CN(CC3CCOCC3)C=C(C(O)O)C2O)cc1. The maximum absolute atomic E-state index is 10.6. The van der Waals surface area contributed by atoms with Crippen molar-refractivity contribution in [2.45, 2.75) is 38.6 Å². The summed E-state index contributed by atoms with van der Waals surface area (Å²) in [7, 11) is 0. The maximum Gasteiger partial charge on any atom is 0.178 e. The Morgan fingerprint density at radius 1 is 1.12 bits per heavy atom. The van der Waals surface area contributed by atoms with Crippen molar-refractivity contribution in [2.24, 2.45) is 5.92 Å². The summed E-state index contributed by atoms with van der Waals surface area (Å²) in [5.74, 6) is 0.497. The molecule has 0 saturated carbocycles. The van der Waals surface area contributed by atoms with Crippen LogP contribution in [0.3, 0.4) is 0 Å². The summed E-state index contributed by atoms with van der Waals surface area (Å²) in [6.45, 7) is 4.43. The lowest BCUT2D eigenvalue weighted by molar-refractivity contribution is -0.0215.